The molecule has 1 amide bonds. The van der Waals surface area contributed by atoms with Crippen molar-refractivity contribution in [3.63, 3.8) is 0 Å². The Morgan fingerprint density at radius 3 is 2.50 bits per heavy atom. The molecular weight excluding hydrogens is 406 g/mol. The zero-order valence-corrected chi connectivity index (χ0v) is 17.6. The van der Waals surface area contributed by atoms with Crippen LogP contribution >= 0.6 is 11.6 Å². The summed E-state index contributed by atoms with van der Waals surface area (Å²) in [5.41, 5.74) is 2.70. The van der Waals surface area contributed by atoms with E-state index in [4.69, 9.17) is 25.8 Å². The van der Waals surface area contributed by atoms with Crippen LogP contribution in [0.4, 0.5) is 0 Å². The van der Waals surface area contributed by atoms with Gasteiger partial charge in [-0.25, -0.2) is 4.68 Å². The molecule has 156 valence electrons. The molecule has 0 spiro atoms. The molecule has 30 heavy (non-hydrogen) atoms. The molecule has 3 aromatic rings. The average molecular weight is 428 g/mol. The number of amides is 1. The minimum Gasteiger partial charge on any atom is -0.493 e. The first-order chi connectivity index (χ1) is 14.6. The van der Waals surface area contributed by atoms with Crippen molar-refractivity contribution in [1.82, 2.24) is 14.7 Å². The van der Waals surface area contributed by atoms with E-state index in [1.807, 2.05) is 36.4 Å². The molecule has 7 nitrogen and oxygen atoms in total. The number of morpholine rings is 1. The highest BCUT2D eigenvalue weighted by atomic mass is 35.5. The van der Waals surface area contributed by atoms with Gasteiger partial charge >= 0.3 is 0 Å². The van der Waals surface area contributed by atoms with Gasteiger partial charge in [0.15, 0.2) is 17.2 Å². The molecule has 0 atom stereocenters. The predicted molar refractivity (Wildman–Crippen MR) is 114 cm³/mol. The molecule has 0 aliphatic carbocycles. The monoisotopic (exact) mass is 427 g/mol. The second-order valence-electron chi connectivity index (χ2n) is 6.78. The third kappa shape index (κ3) is 3.99. The standard InChI is InChI=1S/C22H22ClN3O4/c1-28-20-7-6-15(12-21(20)29-2)19-14-18(22(27)25-8-10-30-11-9-25)24-26(19)17-5-3-4-16(23)13-17/h3-7,12-14H,8-11H2,1-2H3. The minimum absolute atomic E-state index is 0.124. The molecule has 0 unspecified atom stereocenters. The molecule has 1 aromatic heterocycles. The van der Waals surface area contributed by atoms with E-state index in [1.165, 1.54) is 0 Å². The third-order valence-electron chi connectivity index (χ3n) is 4.96. The van der Waals surface area contributed by atoms with Gasteiger partial charge in [-0.3, -0.25) is 4.79 Å². The Kier molecular flexibility index (Phi) is 5.92. The van der Waals surface area contributed by atoms with Gasteiger partial charge in [0.25, 0.3) is 5.91 Å². The summed E-state index contributed by atoms with van der Waals surface area (Å²) >= 11 is 6.20. The second-order valence-corrected chi connectivity index (χ2v) is 7.22. The van der Waals surface area contributed by atoms with Gasteiger partial charge in [-0.05, 0) is 42.5 Å². The topological polar surface area (TPSA) is 65.8 Å². The Morgan fingerprint density at radius 2 is 1.80 bits per heavy atom. The maximum atomic E-state index is 13.0. The highest BCUT2D eigenvalue weighted by molar-refractivity contribution is 6.30. The van der Waals surface area contributed by atoms with Gasteiger partial charge in [0.05, 0.1) is 38.8 Å². The Labute approximate surface area is 179 Å². The fourth-order valence-corrected chi connectivity index (χ4v) is 3.60. The van der Waals surface area contributed by atoms with Crippen LogP contribution in [0.1, 0.15) is 10.5 Å². The van der Waals surface area contributed by atoms with Crippen LogP contribution in [0.25, 0.3) is 16.9 Å². The summed E-state index contributed by atoms with van der Waals surface area (Å²) in [6.07, 6.45) is 0. The first-order valence-electron chi connectivity index (χ1n) is 9.56. The maximum Gasteiger partial charge on any atom is 0.274 e. The van der Waals surface area contributed by atoms with Crippen molar-refractivity contribution in [1.29, 1.82) is 0 Å². The Hall–Kier alpha value is -3.03. The van der Waals surface area contributed by atoms with E-state index in [0.29, 0.717) is 48.5 Å². The van der Waals surface area contributed by atoms with Gasteiger partial charge in [0.2, 0.25) is 0 Å². The van der Waals surface area contributed by atoms with Crippen LogP contribution in [0.2, 0.25) is 5.02 Å². The van der Waals surface area contributed by atoms with Gasteiger partial charge in [0.1, 0.15) is 0 Å². The lowest BCUT2D eigenvalue weighted by molar-refractivity contribution is 0.0298. The predicted octanol–water partition coefficient (Wildman–Crippen LogP) is 3.68. The molecule has 1 fully saturated rings. The summed E-state index contributed by atoms with van der Waals surface area (Å²) in [4.78, 5) is 14.8. The average Bonchev–Trinajstić information content (AvgIpc) is 3.24. The first kappa shape index (κ1) is 20.3. The van der Waals surface area contributed by atoms with E-state index < -0.39 is 0 Å². The lowest BCUT2D eigenvalue weighted by Crippen LogP contribution is -2.40. The van der Waals surface area contributed by atoms with Crippen molar-refractivity contribution in [2.45, 2.75) is 0 Å². The number of hydrogen-bond acceptors (Lipinski definition) is 5. The number of halogens is 1. The smallest absolute Gasteiger partial charge is 0.274 e. The van der Waals surface area contributed by atoms with Crippen LogP contribution in [-0.2, 0) is 4.74 Å². The highest BCUT2D eigenvalue weighted by Crippen LogP contribution is 2.34. The molecule has 1 aliphatic heterocycles. The number of aromatic nitrogens is 2. The summed E-state index contributed by atoms with van der Waals surface area (Å²) in [5.74, 6) is 1.09. The summed E-state index contributed by atoms with van der Waals surface area (Å²) in [7, 11) is 3.18. The fraction of sp³-hybridized carbons (Fsp3) is 0.273. The van der Waals surface area contributed by atoms with Crippen molar-refractivity contribution in [3.05, 3.63) is 59.2 Å². The van der Waals surface area contributed by atoms with E-state index >= 15 is 0 Å². The number of rotatable bonds is 5. The quantitative estimate of drug-likeness (QED) is 0.621. The van der Waals surface area contributed by atoms with Gasteiger partial charge in [-0.2, -0.15) is 5.10 Å². The van der Waals surface area contributed by atoms with E-state index in [0.717, 1.165) is 16.9 Å². The minimum atomic E-state index is -0.124. The van der Waals surface area contributed by atoms with Gasteiger partial charge in [-0.1, -0.05) is 17.7 Å². The maximum absolute atomic E-state index is 13.0. The number of benzene rings is 2. The van der Waals surface area contributed by atoms with Crippen molar-refractivity contribution >= 4 is 17.5 Å². The van der Waals surface area contributed by atoms with Crippen LogP contribution in [0.3, 0.4) is 0 Å². The molecule has 8 heteroatoms. The van der Waals surface area contributed by atoms with Crippen molar-refractivity contribution in [2.24, 2.45) is 0 Å². The van der Waals surface area contributed by atoms with Crippen molar-refractivity contribution < 1.29 is 19.0 Å². The molecule has 0 saturated carbocycles. The highest BCUT2D eigenvalue weighted by Gasteiger charge is 2.24. The van der Waals surface area contributed by atoms with Crippen LogP contribution in [0.15, 0.2) is 48.5 Å². The zero-order chi connectivity index (χ0) is 21.1. The molecule has 0 bridgehead atoms. The van der Waals surface area contributed by atoms with Crippen LogP contribution in [0, 0.1) is 0 Å². The molecular formula is C22H22ClN3O4. The Balaban J connectivity index is 1.81. The lowest BCUT2D eigenvalue weighted by atomic mass is 10.1. The number of carbonyl (C=O) groups is 1. The second kappa shape index (κ2) is 8.77. The molecule has 2 heterocycles. The third-order valence-corrected chi connectivity index (χ3v) is 5.19. The Morgan fingerprint density at radius 1 is 1.03 bits per heavy atom. The van der Waals surface area contributed by atoms with Gasteiger partial charge in [0, 0.05) is 23.7 Å². The summed E-state index contributed by atoms with van der Waals surface area (Å²) in [5, 5.41) is 5.21. The number of ether oxygens (including phenoxy) is 3. The molecule has 2 aromatic carbocycles. The van der Waals surface area contributed by atoms with E-state index in [1.54, 1.807) is 35.9 Å². The van der Waals surface area contributed by atoms with Gasteiger partial charge < -0.3 is 19.1 Å². The SMILES string of the molecule is COc1ccc(-c2cc(C(=O)N3CCOCC3)nn2-c2cccc(Cl)c2)cc1OC. The number of nitrogens with zero attached hydrogens (tertiary/aromatic N) is 3. The van der Waals surface area contributed by atoms with Crippen LogP contribution in [-0.4, -0.2) is 61.1 Å². The molecule has 0 N–H and O–H groups in total. The molecule has 1 saturated heterocycles. The fourth-order valence-electron chi connectivity index (χ4n) is 3.42. The van der Waals surface area contributed by atoms with Crippen LogP contribution in [0.5, 0.6) is 11.5 Å². The summed E-state index contributed by atoms with van der Waals surface area (Å²) < 4.78 is 17.9. The normalized spacial score (nSPS) is 13.9. The molecule has 4 rings (SSSR count). The largest absolute Gasteiger partial charge is 0.493 e. The molecule has 1 aliphatic rings. The van der Waals surface area contributed by atoms with Crippen molar-refractivity contribution in [3.8, 4) is 28.4 Å². The lowest BCUT2D eigenvalue weighted by Gasteiger charge is -2.25. The van der Waals surface area contributed by atoms with E-state index in [-0.39, 0.29) is 5.91 Å². The number of methoxy groups -OCH3 is 2. The first-order valence-corrected chi connectivity index (χ1v) is 9.94. The molecule has 0 radical (unpaired) electrons. The summed E-state index contributed by atoms with van der Waals surface area (Å²) in [6, 6.07) is 14.7. The van der Waals surface area contributed by atoms with E-state index in [2.05, 4.69) is 5.10 Å². The van der Waals surface area contributed by atoms with Crippen molar-refractivity contribution in [2.75, 3.05) is 40.5 Å². The van der Waals surface area contributed by atoms with E-state index in [9.17, 15) is 4.79 Å². The number of carbonyl (C=O) groups excluding carboxylic acids is 1. The Bertz CT molecular complexity index is 1060. The zero-order valence-electron chi connectivity index (χ0n) is 16.8. The van der Waals surface area contributed by atoms with Crippen LogP contribution < -0.4 is 9.47 Å². The van der Waals surface area contributed by atoms with Gasteiger partial charge in [-0.15, -0.1) is 0 Å². The summed E-state index contributed by atoms with van der Waals surface area (Å²) in [6.45, 7) is 2.16. The number of hydrogen-bond donors (Lipinski definition) is 0.